The molecule has 19 heavy (non-hydrogen) atoms. The zero-order chi connectivity index (χ0) is 13.7. The van der Waals surface area contributed by atoms with Crippen molar-refractivity contribution in [3.63, 3.8) is 0 Å². The van der Waals surface area contributed by atoms with Gasteiger partial charge in [0.05, 0.1) is 17.8 Å². The standard InChI is InChI=1S/C13H20BrN3OS/c1-18-11-10(14)8-15-12(17-11)16-9-13(19-2)6-4-3-5-7-13/h8H,3-7,9H2,1-2H3,(H,15,16,17). The van der Waals surface area contributed by atoms with E-state index in [0.29, 0.717) is 16.6 Å². The summed E-state index contributed by atoms with van der Waals surface area (Å²) in [5.41, 5.74) is 0. The van der Waals surface area contributed by atoms with Crippen molar-refractivity contribution in [3.05, 3.63) is 10.7 Å². The van der Waals surface area contributed by atoms with Gasteiger partial charge in [0.2, 0.25) is 11.8 Å². The molecule has 1 N–H and O–H groups in total. The molecule has 0 bridgehead atoms. The lowest BCUT2D eigenvalue weighted by atomic mass is 9.88. The predicted molar refractivity (Wildman–Crippen MR) is 84.1 cm³/mol. The number of halogens is 1. The topological polar surface area (TPSA) is 47.0 Å². The number of hydrogen-bond donors (Lipinski definition) is 1. The molecule has 0 unspecified atom stereocenters. The second kappa shape index (κ2) is 6.79. The van der Waals surface area contributed by atoms with Gasteiger partial charge in [-0.2, -0.15) is 16.7 Å². The zero-order valence-electron chi connectivity index (χ0n) is 11.4. The van der Waals surface area contributed by atoms with Crippen molar-refractivity contribution in [1.82, 2.24) is 9.97 Å². The first-order valence-electron chi connectivity index (χ1n) is 6.55. The van der Waals surface area contributed by atoms with Gasteiger partial charge in [-0.1, -0.05) is 19.3 Å². The van der Waals surface area contributed by atoms with Crippen LogP contribution in [-0.4, -0.2) is 34.6 Å². The van der Waals surface area contributed by atoms with E-state index in [-0.39, 0.29) is 0 Å². The van der Waals surface area contributed by atoms with Crippen LogP contribution < -0.4 is 10.1 Å². The van der Waals surface area contributed by atoms with Crippen LogP contribution in [0.5, 0.6) is 5.88 Å². The largest absolute Gasteiger partial charge is 0.480 e. The first-order chi connectivity index (χ1) is 9.19. The smallest absolute Gasteiger partial charge is 0.232 e. The van der Waals surface area contributed by atoms with E-state index < -0.39 is 0 Å². The van der Waals surface area contributed by atoms with Gasteiger partial charge >= 0.3 is 0 Å². The van der Waals surface area contributed by atoms with Crippen molar-refractivity contribution < 1.29 is 4.74 Å². The van der Waals surface area contributed by atoms with Crippen LogP contribution in [0, 0.1) is 0 Å². The van der Waals surface area contributed by atoms with E-state index in [0.717, 1.165) is 11.0 Å². The maximum absolute atomic E-state index is 5.19. The van der Waals surface area contributed by atoms with Crippen molar-refractivity contribution in [2.24, 2.45) is 0 Å². The lowest BCUT2D eigenvalue weighted by Crippen LogP contribution is -2.35. The van der Waals surface area contributed by atoms with E-state index in [1.165, 1.54) is 32.1 Å². The maximum atomic E-state index is 5.19. The highest BCUT2D eigenvalue weighted by Gasteiger charge is 2.31. The molecule has 0 aliphatic heterocycles. The van der Waals surface area contributed by atoms with Crippen LogP contribution in [-0.2, 0) is 0 Å². The number of nitrogens with one attached hydrogen (secondary N) is 1. The van der Waals surface area contributed by atoms with Gasteiger partial charge in [0.15, 0.2) is 0 Å². The Morgan fingerprint density at radius 3 is 2.79 bits per heavy atom. The minimum atomic E-state index is 0.335. The molecule has 4 nitrogen and oxygen atoms in total. The molecule has 106 valence electrons. The molecule has 0 amide bonds. The molecule has 1 aromatic rings. The molecular formula is C13H20BrN3OS. The summed E-state index contributed by atoms with van der Waals surface area (Å²) in [7, 11) is 1.61. The lowest BCUT2D eigenvalue weighted by Gasteiger charge is -2.35. The molecule has 0 aromatic carbocycles. The van der Waals surface area contributed by atoms with Gasteiger partial charge in [0.25, 0.3) is 0 Å². The Balaban J connectivity index is 2.00. The number of nitrogens with zero attached hydrogens (tertiary/aromatic N) is 2. The molecule has 1 fully saturated rings. The van der Waals surface area contributed by atoms with Crippen LogP contribution >= 0.6 is 27.7 Å². The third-order valence-electron chi connectivity index (χ3n) is 3.67. The van der Waals surface area contributed by atoms with Crippen molar-refractivity contribution in [1.29, 1.82) is 0 Å². The molecule has 1 aliphatic rings. The van der Waals surface area contributed by atoms with Gasteiger partial charge in [-0.3, -0.25) is 0 Å². The quantitative estimate of drug-likeness (QED) is 0.880. The molecule has 0 spiro atoms. The monoisotopic (exact) mass is 345 g/mol. The average Bonchev–Trinajstić information content (AvgIpc) is 2.47. The third kappa shape index (κ3) is 3.75. The Labute approximate surface area is 127 Å². The second-order valence-electron chi connectivity index (χ2n) is 4.85. The minimum absolute atomic E-state index is 0.335. The van der Waals surface area contributed by atoms with Crippen LogP contribution in [0.4, 0.5) is 5.95 Å². The molecule has 1 aliphatic carbocycles. The van der Waals surface area contributed by atoms with Gasteiger partial charge in [-0.15, -0.1) is 0 Å². The Kier molecular flexibility index (Phi) is 5.33. The van der Waals surface area contributed by atoms with Gasteiger partial charge in [0, 0.05) is 11.3 Å². The SMILES string of the molecule is COc1nc(NCC2(SC)CCCCC2)ncc1Br. The minimum Gasteiger partial charge on any atom is -0.480 e. The van der Waals surface area contributed by atoms with Crippen LogP contribution in [0.15, 0.2) is 10.7 Å². The fraction of sp³-hybridized carbons (Fsp3) is 0.692. The van der Waals surface area contributed by atoms with Gasteiger partial charge in [-0.05, 0) is 35.0 Å². The van der Waals surface area contributed by atoms with Gasteiger partial charge in [-0.25, -0.2) is 4.98 Å². The van der Waals surface area contributed by atoms with Crippen molar-refractivity contribution in [3.8, 4) is 5.88 Å². The average molecular weight is 346 g/mol. The number of methoxy groups -OCH3 is 1. The summed E-state index contributed by atoms with van der Waals surface area (Å²) in [4.78, 5) is 8.62. The highest BCUT2D eigenvalue weighted by molar-refractivity contribution is 9.10. The molecular weight excluding hydrogens is 326 g/mol. The molecule has 0 atom stereocenters. The van der Waals surface area contributed by atoms with Crippen LogP contribution in [0.25, 0.3) is 0 Å². The third-order valence-corrected chi connectivity index (χ3v) is 5.63. The first kappa shape index (κ1) is 14.9. The Hall–Kier alpha value is -0.490. The van der Waals surface area contributed by atoms with E-state index in [4.69, 9.17) is 4.74 Å². The summed E-state index contributed by atoms with van der Waals surface area (Å²) in [5, 5.41) is 3.36. The van der Waals surface area contributed by atoms with E-state index in [1.807, 2.05) is 11.8 Å². The summed E-state index contributed by atoms with van der Waals surface area (Å²) in [6, 6.07) is 0. The van der Waals surface area contributed by atoms with E-state index in [9.17, 15) is 0 Å². The van der Waals surface area contributed by atoms with Crippen molar-refractivity contribution in [2.45, 2.75) is 36.9 Å². The number of ether oxygens (including phenoxy) is 1. The summed E-state index contributed by atoms with van der Waals surface area (Å²) in [5.74, 6) is 1.21. The van der Waals surface area contributed by atoms with Crippen molar-refractivity contribution >= 4 is 33.6 Å². The summed E-state index contributed by atoms with van der Waals surface area (Å²) in [6.07, 6.45) is 10.5. The molecule has 1 heterocycles. The van der Waals surface area contributed by atoms with Crippen LogP contribution in [0.2, 0.25) is 0 Å². The Bertz CT molecular complexity index is 424. The fourth-order valence-corrected chi connectivity index (χ4v) is 3.74. The lowest BCUT2D eigenvalue weighted by molar-refractivity contribution is 0.393. The second-order valence-corrected chi connectivity index (χ2v) is 6.98. The summed E-state index contributed by atoms with van der Waals surface area (Å²) >= 11 is 5.33. The Morgan fingerprint density at radius 1 is 1.42 bits per heavy atom. The molecule has 0 saturated heterocycles. The first-order valence-corrected chi connectivity index (χ1v) is 8.56. The number of rotatable bonds is 5. The number of aromatic nitrogens is 2. The molecule has 2 rings (SSSR count). The van der Waals surface area contributed by atoms with Crippen molar-refractivity contribution in [2.75, 3.05) is 25.2 Å². The maximum Gasteiger partial charge on any atom is 0.232 e. The summed E-state index contributed by atoms with van der Waals surface area (Å²) < 4.78 is 6.30. The molecule has 6 heteroatoms. The number of hydrogen-bond acceptors (Lipinski definition) is 5. The van der Waals surface area contributed by atoms with E-state index in [1.54, 1.807) is 13.3 Å². The normalized spacial score (nSPS) is 18.1. The van der Waals surface area contributed by atoms with Gasteiger partial charge < -0.3 is 10.1 Å². The van der Waals surface area contributed by atoms with E-state index in [2.05, 4.69) is 37.5 Å². The van der Waals surface area contributed by atoms with Crippen LogP contribution in [0.3, 0.4) is 0 Å². The highest BCUT2D eigenvalue weighted by atomic mass is 79.9. The number of thioether (sulfide) groups is 1. The zero-order valence-corrected chi connectivity index (χ0v) is 13.8. The van der Waals surface area contributed by atoms with Gasteiger partial charge in [0.1, 0.15) is 0 Å². The fourth-order valence-electron chi connectivity index (χ4n) is 2.47. The summed E-state index contributed by atoms with van der Waals surface area (Å²) in [6.45, 7) is 0.916. The molecule has 0 radical (unpaired) electrons. The number of anilines is 1. The van der Waals surface area contributed by atoms with Crippen LogP contribution in [0.1, 0.15) is 32.1 Å². The predicted octanol–water partition coefficient (Wildman–Crippen LogP) is 3.73. The Morgan fingerprint density at radius 2 is 2.16 bits per heavy atom. The highest BCUT2D eigenvalue weighted by Crippen LogP contribution is 2.38. The molecule has 1 aromatic heterocycles. The van der Waals surface area contributed by atoms with E-state index >= 15 is 0 Å². The molecule has 1 saturated carbocycles.